The Bertz CT molecular complexity index is 377. The Hall–Kier alpha value is -0.670. The number of ether oxygens (including phenoxy) is 1. The predicted molar refractivity (Wildman–Crippen MR) is 70.8 cm³/mol. The molecule has 1 aliphatic rings. The van der Waals surface area contributed by atoms with E-state index in [1.807, 2.05) is 13.0 Å². The first-order chi connectivity index (χ1) is 8.22. The Morgan fingerprint density at radius 1 is 1.41 bits per heavy atom. The van der Waals surface area contributed by atoms with Crippen molar-refractivity contribution in [2.45, 2.75) is 45.6 Å². The van der Waals surface area contributed by atoms with Crippen molar-refractivity contribution >= 4 is 17.1 Å². The first-order valence-corrected chi connectivity index (χ1v) is 7.28. The van der Waals surface area contributed by atoms with Gasteiger partial charge in [0.15, 0.2) is 5.78 Å². The highest BCUT2D eigenvalue weighted by molar-refractivity contribution is 7.14. The van der Waals surface area contributed by atoms with Gasteiger partial charge in [-0.15, -0.1) is 11.3 Å². The van der Waals surface area contributed by atoms with Gasteiger partial charge in [0.25, 0.3) is 0 Å². The number of carbonyl (C=O) groups is 1. The summed E-state index contributed by atoms with van der Waals surface area (Å²) >= 11 is 1.65. The first kappa shape index (κ1) is 12.8. The SMILES string of the molecule is CCOC1CC(CC(=O)c2ccc(CC)s2)C1. The summed E-state index contributed by atoms with van der Waals surface area (Å²) in [6, 6.07) is 4.05. The van der Waals surface area contributed by atoms with E-state index in [0.29, 0.717) is 24.2 Å². The molecule has 1 aromatic rings. The molecule has 0 amide bonds. The molecule has 94 valence electrons. The Morgan fingerprint density at radius 3 is 2.76 bits per heavy atom. The van der Waals surface area contributed by atoms with Gasteiger partial charge in [-0.2, -0.15) is 0 Å². The van der Waals surface area contributed by atoms with Crippen LogP contribution in [0, 0.1) is 5.92 Å². The highest BCUT2D eigenvalue weighted by Crippen LogP contribution is 2.34. The number of carbonyl (C=O) groups excluding carboxylic acids is 1. The Balaban J connectivity index is 1.78. The molecular formula is C14H20O2S. The van der Waals surface area contributed by atoms with Gasteiger partial charge in [-0.3, -0.25) is 4.79 Å². The third-order valence-electron chi connectivity index (χ3n) is 3.35. The molecule has 1 saturated carbocycles. The lowest BCUT2D eigenvalue weighted by molar-refractivity contribution is -0.0245. The average Bonchev–Trinajstić information content (AvgIpc) is 2.74. The Kier molecular flexibility index (Phi) is 4.35. The van der Waals surface area contributed by atoms with Crippen LogP contribution in [0.3, 0.4) is 0 Å². The van der Waals surface area contributed by atoms with Gasteiger partial charge in [0.1, 0.15) is 0 Å². The number of Topliss-reactive ketones (excluding diaryl/α,β-unsaturated/α-hetero) is 1. The van der Waals surface area contributed by atoms with Crippen LogP contribution in [0.4, 0.5) is 0 Å². The predicted octanol–water partition coefficient (Wildman–Crippen LogP) is 3.70. The van der Waals surface area contributed by atoms with E-state index in [2.05, 4.69) is 13.0 Å². The van der Waals surface area contributed by atoms with Crippen LogP contribution in [-0.2, 0) is 11.2 Å². The molecule has 0 aliphatic heterocycles. The van der Waals surface area contributed by atoms with Gasteiger partial charge in [0, 0.05) is 17.9 Å². The van der Waals surface area contributed by atoms with Crippen molar-refractivity contribution in [3.05, 3.63) is 21.9 Å². The lowest BCUT2D eigenvalue weighted by atomic mass is 9.79. The molecular weight excluding hydrogens is 232 g/mol. The zero-order valence-electron chi connectivity index (χ0n) is 10.6. The number of rotatable bonds is 6. The summed E-state index contributed by atoms with van der Waals surface area (Å²) in [5.41, 5.74) is 0. The van der Waals surface area contributed by atoms with Gasteiger partial charge < -0.3 is 4.74 Å². The molecule has 1 aliphatic carbocycles. The van der Waals surface area contributed by atoms with E-state index in [4.69, 9.17) is 4.74 Å². The largest absolute Gasteiger partial charge is 0.378 e. The maximum absolute atomic E-state index is 12.0. The molecule has 1 heterocycles. The molecule has 2 rings (SSSR count). The maximum atomic E-state index is 12.0. The minimum atomic E-state index is 0.314. The normalized spacial score (nSPS) is 23.4. The van der Waals surface area contributed by atoms with Crippen molar-refractivity contribution in [3.8, 4) is 0 Å². The quantitative estimate of drug-likeness (QED) is 0.722. The minimum absolute atomic E-state index is 0.314. The summed E-state index contributed by atoms with van der Waals surface area (Å²) in [6.45, 7) is 4.94. The van der Waals surface area contributed by atoms with E-state index in [1.165, 1.54) is 4.88 Å². The monoisotopic (exact) mass is 252 g/mol. The van der Waals surface area contributed by atoms with Crippen LogP contribution in [0.15, 0.2) is 12.1 Å². The molecule has 0 unspecified atom stereocenters. The zero-order valence-corrected chi connectivity index (χ0v) is 11.4. The highest BCUT2D eigenvalue weighted by Gasteiger charge is 2.31. The summed E-state index contributed by atoms with van der Waals surface area (Å²) in [4.78, 5) is 14.2. The van der Waals surface area contributed by atoms with E-state index in [-0.39, 0.29) is 0 Å². The first-order valence-electron chi connectivity index (χ1n) is 6.46. The zero-order chi connectivity index (χ0) is 12.3. The molecule has 0 radical (unpaired) electrons. The van der Waals surface area contributed by atoms with Crippen molar-refractivity contribution in [1.29, 1.82) is 0 Å². The van der Waals surface area contributed by atoms with Crippen molar-refractivity contribution in [2.75, 3.05) is 6.61 Å². The van der Waals surface area contributed by atoms with Crippen LogP contribution in [0.1, 0.15) is 47.7 Å². The molecule has 2 nitrogen and oxygen atoms in total. The molecule has 0 bridgehead atoms. The second kappa shape index (κ2) is 5.78. The minimum Gasteiger partial charge on any atom is -0.378 e. The van der Waals surface area contributed by atoms with E-state index < -0.39 is 0 Å². The van der Waals surface area contributed by atoms with Crippen LogP contribution in [-0.4, -0.2) is 18.5 Å². The van der Waals surface area contributed by atoms with E-state index in [9.17, 15) is 4.79 Å². The summed E-state index contributed by atoms with van der Waals surface area (Å²) in [5, 5.41) is 0. The molecule has 0 aromatic carbocycles. The fourth-order valence-electron chi connectivity index (χ4n) is 2.29. The summed E-state index contributed by atoms with van der Waals surface area (Å²) in [5.74, 6) is 0.862. The number of aryl methyl sites for hydroxylation is 1. The van der Waals surface area contributed by atoms with Crippen LogP contribution < -0.4 is 0 Å². The number of ketones is 1. The lowest BCUT2D eigenvalue weighted by Gasteiger charge is -2.34. The number of hydrogen-bond donors (Lipinski definition) is 0. The molecule has 0 N–H and O–H groups in total. The fourth-order valence-corrected chi connectivity index (χ4v) is 3.19. The summed E-state index contributed by atoms with van der Waals surface area (Å²) in [7, 11) is 0. The fraction of sp³-hybridized carbons (Fsp3) is 0.643. The van der Waals surface area contributed by atoms with Crippen LogP contribution in [0.25, 0.3) is 0 Å². The van der Waals surface area contributed by atoms with Crippen molar-refractivity contribution in [2.24, 2.45) is 5.92 Å². The standard InChI is InChI=1S/C14H20O2S/c1-3-12-5-6-14(17-12)13(15)9-10-7-11(8-10)16-4-2/h5-6,10-11H,3-4,7-9H2,1-2H3. The van der Waals surface area contributed by atoms with E-state index in [1.54, 1.807) is 11.3 Å². The van der Waals surface area contributed by atoms with Gasteiger partial charge >= 0.3 is 0 Å². The molecule has 0 spiro atoms. The highest BCUT2D eigenvalue weighted by atomic mass is 32.1. The van der Waals surface area contributed by atoms with Gasteiger partial charge in [-0.25, -0.2) is 0 Å². The third-order valence-corrected chi connectivity index (χ3v) is 4.62. The van der Waals surface area contributed by atoms with E-state index in [0.717, 1.165) is 30.7 Å². The van der Waals surface area contributed by atoms with Crippen molar-refractivity contribution in [3.63, 3.8) is 0 Å². The molecule has 17 heavy (non-hydrogen) atoms. The number of hydrogen-bond acceptors (Lipinski definition) is 3. The van der Waals surface area contributed by atoms with Gasteiger partial charge in [0.05, 0.1) is 11.0 Å². The Morgan fingerprint density at radius 2 is 2.18 bits per heavy atom. The molecule has 0 saturated heterocycles. The summed E-state index contributed by atoms with van der Waals surface area (Å²) in [6.07, 6.45) is 4.26. The molecule has 1 aromatic heterocycles. The molecule has 3 heteroatoms. The summed E-state index contributed by atoms with van der Waals surface area (Å²) < 4.78 is 5.51. The van der Waals surface area contributed by atoms with Crippen LogP contribution in [0.2, 0.25) is 0 Å². The van der Waals surface area contributed by atoms with Crippen LogP contribution >= 0.6 is 11.3 Å². The second-order valence-corrected chi connectivity index (χ2v) is 5.83. The van der Waals surface area contributed by atoms with Crippen molar-refractivity contribution < 1.29 is 9.53 Å². The van der Waals surface area contributed by atoms with E-state index >= 15 is 0 Å². The molecule has 1 fully saturated rings. The van der Waals surface area contributed by atoms with Gasteiger partial charge in [0.2, 0.25) is 0 Å². The topological polar surface area (TPSA) is 26.3 Å². The lowest BCUT2D eigenvalue weighted by Crippen LogP contribution is -2.32. The van der Waals surface area contributed by atoms with Crippen molar-refractivity contribution in [1.82, 2.24) is 0 Å². The average molecular weight is 252 g/mol. The number of thiophene rings is 1. The van der Waals surface area contributed by atoms with Gasteiger partial charge in [-0.1, -0.05) is 6.92 Å². The second-order valence-electron chi connectivity index (χ2n) is 4.66. The van der Waals surface area contributed by atoms with Crippen LogP contribution in [0.5, 0.6) is 0 Å². The maximum Gasteiger partial charge on any atom is 0.173 e. The Labute approximate surface area is 107 Å². The molecule has 0 atom stereocenters. The van der Waals surface area contributed by atoms with Gasteiger partial charge in [-0.05, 0) is 44.2 Å². The smallest absolute Gasteiger partial charge is 0.173 e. The third kappa shape index (κ3) is 3.17.